The summed E-state index contributed by atoms with van der Waals surface area (Å²) in [5.41, 5.74) is 1.48. The normalized spacial score (nSPS) is 12.0. The standard InChI is InChI=1S/C15H16ClFN2O2/c16-8-13(20)9-19-12-1-2-15(14(17)7-12)21-10-11-3-5-18-6-4-11/h1-7,13,19-20H,8-10H2. The Morgan fingerprint density at radius 1 is 1.29 bits per heavy atom. The first-order valence-corrected chi connectivity index (χ1v) is 7.01. The van der Waals surface area contributed by atoms with Crippen molar-refractivity contribution in [3.63, 3.8) is 0 Å². The van der Waals surface area contributed by atoms with E-state index in [4.69, 9.17) is 16.3 Å². The highest BCUT2D eigenvalue weighted by atomic mass is 35.5. The van der Waals surface area contributed by atoms with E-state index in [9.17, 15) is 9.50 Å². The lowest BCUT2D eigenvalue weighted by atomic mass is 10.2. The van der Waals surface area contributed by atoms with Gasteiger partial charge in [-0.3, -0.25) is 4.98 Å². The van der Waals surface area contributed by atoms with Crippen LogP contribution < -0.4 is 10.1 Å². The predicted octanol–water partition coefficient (Wildman–Crippen LogP) is 2.81. The number of rotatable bonds is 7. The van der Waals surface area contributed by atoms with E-state index >= 15 is 0 Å². The van der Waals surface area contributed by atoms with Gasteiger partial charge in [0.1, 0.15) is 6.61 Å². The van der Waals surface area contributed by atoms with Crippen LogP contribution in [0.4, 0.5) is 10.1 Å². The van der Waals surface area contributed by atoms with E-state index < -0.39 is 11.9 Å². The Labute approximate surface area is 127 Å². The van der Waals surface area contributed by atoms with E-state index in [-0.39, 0.29) is 24.8 Å². The Kier molecular flexibility index (Phi) is 5.78. The summed E-state index contributed by atoms with van der Waals surface area (Å²) in [7, 11) is 0. The minimum absolute atomic E-state index is 0.128. The summed E-state index contributed by atoms with van der Waals surface area (Å²) < 4.78 is 19.3. The molecule has 4 nitrogen and oxygen atoms in total. The molecule has 6 heteroatoms. The number of hydrogen-bond donors (Lipinski definition) is 2. The number of benzene rings is 1. The average Bonchev–Trinajstić information content (AvgIpc) is 2.52. The van der Waals surface area contributed by atoms with Crippen molar-refractivity contribution in [2.24, 2.45) is 0 Å². The van der Waals surface area contributed by atoms with Gasteiger partial charge in [-0.25, -0.2) is 4.39 Å². The zero-order chi connectivity index (χ0) is 15.1. The van der Waals surface area contributed by atoms with Crippen molar-refractivity contribution in [2.75, 3.05) is 17.7 Å². The molecular weight excluding hydrogens is 295 g/mol. The van der Waals surface area contributed by atoms with E-state index in [0.29, 0.717) is 5.69 Å². The molecule has 0 amide bonds. The quantitative estimate of drug-likeness (QED) is 0.772. The zero-order valence-electron chi connectivity index (χ0n) is 11.3. The molecule has 2 aromatic rings. The molecule has 2 rings (SSSR count). The summed E-state index contributed by atoms with van der Waals surface area (Å²) in [5.74, 6) is -0.160. The molecule has 1 aromatic carbocycles. The van der Waals surface area contributed by atoms with Crippen LogP contribution in [0.5, 0.6) is 5.75 Å². The molecular formula is C15H16ClFN2O2. The van der Waals surface area contributed by atoms with Gasteiger partial charge in [-0.15, -0.1) is 11.6 Å². The number of pyridine rings is 1. The predicted molar refractivity (Wildman–Crippen MR) is 80.2 cm³/mol. The van der Waals surface area contributed by atoms with Crippen LogP contribution in [0.25, 0.3) is 0 Å². The smallest absolute Gasteiger partial charge is 0.167 e. The monoisotopic (exact) mass is 310 g/mol. The molecule has 0 aliphatic heterocycles. The maximum Gasteiger partial charge on any atom is 0.167 e. The Balaban J connectivity index is 1.93. The van der Waals surface area contributed by atoms with Crippen molar-refractivity contribution in [1.29, 1.82) is 0 Å². The Bertz CT molecular complexity index is 569. The van der Waals surface area contributed by atoms with Crippen molar-refractivity contribution >= 4 is 17.3 Å². The highest BCUT2D eigenvalue weighted by molar-refractivity contribution is 6.18. The first-order chi connectivity index (χ1) is 10.2. The summed E-state index contributed by atoms with van der Waals surface area (Å²) in [4.78, 5) is 3.90. The molecule has 0 bridgehead atoms. The number of ether oxygens (including phenoxy) is 1. The lowest BCUT2D eigenvalue weighted by Crippen LogP contribution is -2.20. The van der Waals surface area contributed by atoms with Crippen molar-refractivity contribution < 1.29 is 14.2 Å². The molecule has 1 aromatic heterocycles. The van der Waals surface area contributed by atoms with Gasteiger partial charge in [-0.1, -0.05) is 0 Å². The average molecular weight is 311 g/mol. The molecule has 0 fully saturated rings. The molecule has 0 saturated carbocycles. The molecule has 0 radical (unpaired) electrons. The van der Waals surface area contributed by atoms with Crippen LogP contribution in [0, 0.1) is 5.82 Å². The minimum Gasteiger partial charge on any atom is -0.486 e. The van der Waals surface area contributed by atoms with Gasteiger partial charge < -0.3 is 15.2 Å². The SMILES string of the molecule is OC(CCl)CNc1ccc(OCc2ccncc2)c(F)c1. The molecule has 0 aliphatic carbocycles. The summed E-state index contributed by atoms with van der Waals surface area (Å²) in [6.45, 7) is 0.539. The second kappa shape index (κ2) is 7.81. The van der Waals surface area contributed by atoms with Crippen LogP contribution in [0.2, 0.25) is 0 Å². The van der Waals surface area contributed by atoms with Crippen molar-refractivity contribution in [2.45, 2.75) is 12.7 Å². The number of hydrogen-bond acceptors (Lipinski definition) is 4. The van der Waals surface area contributed by atoms with Crippen LogP contribution in [-0.2, 0) is 6.61 Å². The van der Waals surface area contributed by atoms with Gasteiger partial charge in [0, 0.05) is 30.7 Å². The van der Waals surface area contributed by atoms with Gasteiger partial charge >= 0.3 is 0 Å². The van der Waals surface area contributed by atoms with E-state index in [2.05, 4.69) is 10.3 Å². The van der Waals surface area contributed by atoms with E-state index in [1.165, 1.54) is 6.07 Å². The van der Waals surface area contributed by atoms with E-state index in [1.807, 2.05) is 0 Å². The van der Waals surface area contributed by atoms with Crippen LogP contribution in [0.15, 0.2) is 42.7 Å². The van der Waals surface area contributed by atoms with Crippen molar-refractivity contribution in [1.82, 2.24) is 4.98 Å². The molecule has 0 saturated heterocycles. The highest BCUT2D eigenvalue weighted by Gasteiger charge is 2.07. The summed E-state index contributed by atoms with van der Waals surface area (Å²) in [6.07, 6.45) is 2.64. The summed E-state index contributed by atoms with van der Waals surface area (Å²) >= 11 is 5.49. The number of halogens is 2. The number of nitrogens with one attached hydrogen (secondary N) is 1. The highest BCUT2D eigenvalue weighted by Crippen LogP contribution is 2.22. The lowest BCUT2D eigenvalue weighted by molar-refractivity contribution is 0.211. The third-order valence-electron chi connectivity index (χ3n) is 2.80. The number of aliphatic hydroxyl groups excluding tert-OH is 1. The number of aromatic nitrogens is 1. The van der Waals surface area contributed by atoms with Gasteiger partial charge in [0.05, 0.1) is 12.0 Å². The second-order valence-corrected chi connectivity index (χ2v) is 4.79. The fourth-order valence-corrected chi connectivity index (χ4v) is 1.77. The molecule has 0 aliphatic rings. The summed E-state index contributed by atoms with van der Waals surface area (Å²) in [5, 5.41) is 12.2. The molecule has 112 valence electrons. The Morgan fingerprint density at radius 2 is 2.05 bits per heavy atom. The molecule has 1 heterocycles. The molecule has 1 atom stereocenters. The van der Waals surface area contributed by atoms with Crippen LogP contribution in [-0.4, -0.2) is 28.6 Å². The fraction of sp³-hybridized carbons (Fsp3) is 0.267. The largest absolute Gasteiger partial charge is 0.486 e. The maximum atomic E-state index is 13.9. The van der Waals surface area contributed by atoms with Crippen LogP contribution in [0.1, 0.15) is 5.56 Å². The second-order valence-electron chi connectivity index (χ2n) is 4.48. The van der Waals surface area contributed by atoms with Crippen molar-refractivity contribution in [3.05, 3.63) is 54.1 Å². The van der Waals surface area contributed by atoms with E-state index in [1.54, 1.807) is 36.7 Å². The molecule has 0 spiro atoms. The fourth-order valence-electron chi connectivity index (χ4n) is 1.66. The van der Waals surface area contributed by atoms with Gasteiger partial charge in [-0.05, 0) is 29.8 Å². The Morgan fingerprint density at radius 3 is 2.71 bits per heavy atom. The number of nitrogens with zero attached hydrogens (tertiary/aromatic N) is 1. The third kappa shape index (κ3) is 4.88. The molecule has 21 heavy (non-hydrogen) atoms. The molecule has 2 N–H and O–H groups in total. The first-order valence-electron chi connectivity index (χ1n) is 6.48. The van der Waals surface area contributed by atoms with Gasteiger partial charge in [0.25, 0.3) is 0 Å². The van der Waals surface area contributed by atoms with Gasteiger partial charge in [-0.2, -0.15) is 0 Å². The maximum absolute atomic E-state index is 13.9. The topological polar surface area (TPSA) is 54.4 Å². The van der Waals surface area contributed by atoms with Crippen LogP contribution >= 0.6 is 11.6 Å². The van der Waals surface area contributed by atoms with Gasteiger partial charge in [0.2, 0.25) is 0 Å². The lowest BCUT2D eigenvalue weighted by Gasteiger charge is -2.12. The zero-order valence-corrected chi connectivity index (χ0v) is 12.1. The summed E-state index contributed by atoms with van der Waals surface area (Å²) in [6, 6.07) is 8.17. The van der Waals surface area contributed by atoms with Crippen LogP contribution in [0.3, 0.4) is 0 Å². The third-order valence-corrected chi connectivity index (χ3v) is 3.15. The van der Waals surface area contributed by atoms with Crippen molar-refractivity contribution in [3.8, 4) is 5.75 Å². The number of aliphatic hydroxyl groups is 1. The Hall–Kier alpha value is -1.85. The van der Waals surface area contributed by atoms with Gasteiger partial charge in [0.15, 0.2) is 11.6 Å². The number of alkyl halides is 1. The first kappa shape index (κ1) is 15.5. The number of anilines is 1. The van der Waals surface area contributed by atoms with E-state index in [0.717, 1.165) is 5.56 Å². The molecule has 1 unspecified atom stereocenters. The minimum atomic E-state index is -0.669.